The number of amidine groups is 1. The van der Waals surface area contributed by atoms with Gasteiger partial charge in [0.1, 0.15) is 5.84 Å². The zero-order valence-electron chi connectivity index (χ0n) is 9.35. The van der Waals surface area contributed by atoms with Crippen molar-refractivity contribution in [3.05, 3.63) is 0 Å². The van der Waals surface area contributed by atoms with E-state index in [1.165, 1.54) is 24.3 Å². The van der Waals surface area contributed by atoms with Crippen molar-refractivity contribution in [1.82, 2.24) is 4.90 Å². The summed E-state index contributed by atoms with van der Waals surface area (Å²) in [5, 5.41) is 11.5. The third kappa shape index (κ3) is 5.28. The number of rotatable bonds is 8. The van der Waals surface area contributed by atoms with Crippen LogP contribution in [0.5, 0.6) is 0 Å². The van der Waals surface area contributed by atoms with Crippen LogP contribution in [0.1, 0.15) is 26.2 Å². The Bertz CT molecular complexity index is 207. The largest absolute Gasteiger partial charge is 0.409 e. The summed E-state index contributed by atoms with van der Waals surface area (Å²) in [4.78, 5) is 2.46. The zero-order chi connectivity index (χ0) is 11.1. The molecule has 0 spiro atoms. The highest BCUT2D eigenvalue weighted by atomic mass is 32.2. The number of hydrogen-bond acceptors (Lipinski definition) is 4. The summed E-state index contributed by atoms with van der Waals surface area (Å²) in [7, 11) is 0. The van der Waals surface area contributed by atoms with Crippen LogP contribution in [0.2, 0.25) is 0 Å². The highest BCUT2D eigenvalue weighted by Gasteiger charge is 2.28. The van der Waals surface area contributed by atoms with E-state index in [4.69, 9.17) is 10.9 Å². The van der Waals surface area contributed by atoms with Gasteiger partial charge in [-0.05, 0) is 18.6 Å². The van der Waals surface area contributed by atoms with Gasteiger partial charge in [-0.1, -0.05) is 12.1 Å². The molecule has 1 fully saturated rings. The molecule has 1 saturated carbocycles. The Labute approximate surface area is 95.9 Å². The van der Waals surface area contributed by atoms with Crippen molar-refractivity contribution in [1.29, 1.82) is 0 Å². The molecule has 0 heterocycles. The molecule has 0 amide bonds. The second-order valence-corrected chi connectivity index (χ2v) is 5.20. The molecule has 1 rings (SSSR count). The average Bonchev–Trinajstić information content (AvgIpc) is 3.06. The minimum atomic E-state index is 0.337. The fourth-order valence-electron chi connectivity index (χ4n) is 1.55. The number of nitrogens with two attached hydrogens (primary N) is 1. The number of oxime groups is 1. The molecule has 0 saturated heterocycles. The highest BCUT2D eigenvalue weighted by molar-refractivity contribution is 7.99. The molecule has 5 heteroatoms. The molecule has 1 aliphatic carbocycles. The van der Waals surface area contributed by atoms with Crippen LogP contribution in [0, 0.1) is 0 Å². The molecule has 0 aromatic carbocycles. The van der Waals surface area contributed by atoms with E-state index in [-0.39, 0.29) is 0 Å². The Kier molecular flexibility index (Phi) is 5.86. The smallest absolute Gasteiger partial charge is 0.140 e. The topological polar surface area (TPSA) is 61.8 Å². The number of nitrogens with zero attached hydrogens (tertiary/aromatic N) is 2. The first kappa shape index (κ1) is 12.6. The number of hydrogen-bond donors (Lipinski definition) is 2. The summed E-state index contributed by atoms with van der Waals surface area (Å²) in [6.07, 6.45) is 3.30. The molecule has 15 heavy (non-hydrogen) atoms. The molecular weight excluding hydrogens is 210 g/mol. The lowest BCUT2D eigenvalue weighted by Gasteiger charge is -2.21. The Balaban J connectivity index is 2.18. The lowest BCUT2D eigenvalue weighted by atomic mass is 10.3. The summed E-state index contributed by atoms with van der Waals surface area (Å²) >= 11 is 1.97. The SMILES string of the molecule is CCSCCN(CCC(N)=NO)C1CC1. The normalized spacial score (nSPS) is 17.3. The van der Waals surface area contributed by atoms with Crippen molar-refractivity contribution in [3.8, 4) is 0 Å². The monoisotopic (exact) mass is 231 g/mol. The summed E-state index contributed by atoms with van der Waals surface area (Å²) in [5.41, 5.74) is 5.46. The maximum atomic E-state index is 8.46. The third-order valence-corrected chi connectivity index (χ3v) is 3.45. The van der Waals surface area contributed by atoms with Crippen LogP contribution in [-0.4, -0.2) is 46.6 Å². The Hall–Kier alpha value is -0.420. The summed E-state index contributed by atoms with van der Waals surface area (Å²) in [6, 6.07) is 0.758. The van der Waals surface area contributed by atoms with Gasteiger partial charge in [0.2, 0.25) is 0 Å². The molecule has 1 aliphatic rings. The van der Waals surface area contributed by atoms with Gasteiger partial charge < -0.3 is 10.9 Å². The Morgan fingerprint density at radius 2 is 2.27 bits per heavy atom. The van der Waals surface area contributed by atoms with Crippen LogP contribution in [0.15, 0.2) is 5.16 Å². The summed E-state index contributed by atoms with van der Waals surface area (Å²) in [6.45, 7) is 4.23. The quantitative estimate of drug-likeness (QED) is 0.218. The Morgan fingerprint density at radius 1 is 1.53 bits per heavy atom. The molecule has 3 N–H and O–H groups in total. The standard InChI is InChI=1S/C10H21N3OS/c1-2-15-8-7-13(9-3-4-9)6-5-10(11)12-14/h9,14H,2-8H2,1H3,(H2,11,12). The van der Waals surface area contributed by atoms with Crippen LogP contribution in [0.3, 0.4) is 0 Å². The average molecular weight is 231 g/mol. The van der Waals surface area contributed by atoms with Crippen molar-refractivity contribution in [2.45, 2.75) is 32.2 Å². The van der Waals surface area contributed by atoms with E-state index >= 15 is 0 Å². The van der Waals surface area contributed by atoms with Gasteiger partial charge in [-0.25, -0.2) is 0 Å². The second kappa shape index (κ2) is 6.95. The summed E-state index contributed by atoms with van der Waals surface area (Å²) < 4.78 is 0. The fourth-order valence-corrected chi connectivity index (χ4v) is 2.20. The number of thioether (sulfide) groups is 1. The van der Waals surface area contributed by atoms with Crippen LogP contribution in [0.25, 0.3) is 0 Å². The Morgan fingerprint density at radius 3 is 2.80 bits per heavy atom. The predicted octanol–water partition coefficient (Wildman–Crippen LogP) is 1.34. The van der Waals surface area contributed by atoms with Crippen molar-refractivity contribution in [2.24, 2.45) is 10.9 Å². The molecular formula is C10H21N3OS. The minimum absolute atomic E-state index is 0.337. The van der Waals surface area contributed by atoms with Gasteiger partial charge in [-0.15, -0.1) is 0 Å². The molecule has 0 bridgehead atoms. The van der Waals surface area contributed by atoms with Gasteiger partial charge >= 0.3 is 0 Å². The first-order valence-corrected chi connectivity index (χ1v) is 6.71. The minimum Gasteiger partial charge on any atom is -0.409 e. The van der Waals surface area contributed by atoms with Gasteiger partial charge in [-0.2, -0.15) is 11.8 Å². The van der Waals surface area contributed by atoms with Crippen LogP contribution in [-0.2, 0) is 0 Å². The molecule has 4 nitrogen and oxygen atoms in total. The van der Waals surface area contributed by atoms with Crippen molar-refractivity contribution >= 4 is 17.6 Å². The molecule has 0 aliphatic heterocycles. The van der Waals surface area contributed by atoms with Crippen molar-refractivity contribution < 1.29 is 5.21 Å². The molecule has 0 aromatic heterocycles. The molecule has 0 unspecified atom stereocenters. The molecule has 0 atom stereocenters. The molecule has 0 radical (unpaired) electrons. The second-order valence-electron chi connectivity index (χ2n) is 3.81. The zero-order valence-corrected chi connectivity index (χ0v) is 10.2. The van der Waals surface area contributed by atoms with Gasteiger partial charge in [0, 0.05) is 31.3 Å². The predicted molar refractivity (Wildman–Crippen MR) is 65.6 cm³/mol. The van der Waals surface area contributed by atoms with E-state index in [1.807, 2.05) is 11.8 Å². The lowest BCUT2D eigenvalue weighted by molar-refractivity contribution is 0.283. The maximum Gasteiger partial charge on any atom is 0.140 e. The fraction of sp³-hybridized carbons (Fsp3) is 0.900. The van der Waals surface area contributed by atoms with Gasteiger partial charge in [0.15, 0.2) is 0 Å². The first-order chi connectivity index (χ1) is 7.27. The third-order valence-electron chi connectivity index (χ3n) is 2.57. The molecule has 0 aromatic rings. The van der Waals surface area contributed by atoms with Crippen LogP contribution < -0.4 is 5.73 Å². The van der Waals surface area contributed by atoms with Gasteiger partial charge in [-0.3, -0.25) is 4.90 Å². The van der Waals surface area contributed by atoms with E-state index in [2.05, 4.69) is 17.0 Å². The van der Waals surface area contributed by atoms with E-state index in [0.717, 1.165) is 19.1 Å². The van der Waals surface area contributed by atoms with E-state index < -0.39 is 0 Å². The van der Waals surface area contributed by atoms with Crippen LogP contribution >= 0.6 is 11.8 Å². The van der Waals surface area contributed by atoms with Gasteiger partial charge in [0.25, 0.3) is 0 Å². The van der Waals surface area contributed by atoms with Gasteiger partial charge in [0.05, 0.1) is 0 Å². The van der Waals surface area contributed by atoms with E-state index in [9.17, 15) is 0 Å². The van der Waals surface area contributed by atoms with Crippen molar-refractivity contribution in [3.63, 3.8) is 0 Å². The first-order valence-electron chi connectivity index (χ1n) is 5.56. The van der Waals surface area contributed by atoms with E-state index in [1.54, 1.807) is 0 Å². The van der Waals surface area contributed by atoms with Crippen molar-refractivity contribution in [2.75, 3.05) is 24.6 Å². The van der Waals surface area contributed by atoms with Crippen LogP contribution in [0.4, 0.5) is 0 Å². The molecule has 88 valence electrons. The lowest BCUT2D eigenvalue weighted by Crippen LogP contribution is -2.32. The maximum absolute atomic E-state index is 8.46. The summed E-state index contributed by atoms with van der Waals surface area (Å²) in [5.74, 6) is 2.70. The highest BCUT2D eigenvalue weighted by Crippen LogP contribution is 2.26. The van der Waals surface area contributed by atoms with E-state index in [0.29, 0.717) is 12.3 Å².